The third-order valence-electron chi connectivity index (χ3n) is 4.63. The molecule has 0 radical (unpaired) electrons. The smallest absolute Gasteiger partial charge is 0.239 e. The topological polar surface area (TPSA) is 49.6 Å². The second-order valence-electron chi connectivity index (χ2n) is 6.05. The van der Waals surface area contributed by atoms with Crippen molar-refractivity contribution in [3.8, 4) is 0 Å². The number of hydrogen-bond acceptors (Lipinski definition) is 3. The molecule has 110 valence electrons. The van der Waals surface area contributed by atoms with E-state index in [9.17, 15) is 4.79 Å². The summed E-state index contributed by atoms with van der Waals surface area (Å²) in [5.74, 6) is 0.158. The highest BCUT2D eigenvalue weighted by Crippen LogP contribution is 2.23. The number of nitrogens with two attached hydrogens (primary N) is 1. The normalized spacial score (nSPS) is 24.4. The van der Waals surface area contributed by atoms with Gasteiger partial charge in [-0.15, -0.1) is 0 Å². The Hall–Kier alpha value is -0.610. The van der Waals surface area contributed by atoms with Gasteiger partial charge in [0.1, 0.15) is 0 Å². The monoisotopic (exact) mass is 267 g/mol. The summed E-state index contributed by atoms with van der Waals surface area (Å²) in [5.41, 5.74) is 5.93. The van der Waals surface area contributed by atoms with E-state index in [2.05, 4.69) is 11.8 Å². The zero-order valence-electron chi connectivity index (χ0n) is 12.3. The highest BCUT2D eigenvalue weighted by Gasteiger charge is 2.28. The van der Waals surface area contributed by atoms with Crippen LogP contribution in [0.5, 0.6) is 0 Å². The Kier molecular flexibility index (Phi) is 5.64. The van der Waals surface area contributed by atoms with Crippen LogP contribution in [0.2, 0.25) is 0 Å². The van der Waals surface area contributed by atoms with E-state index >= 15 is 0 Å². The van der Waals surface area contributed by atoms with Gasteiger partial charge in [-0.3, -0.25) is 9.69 Å². The van der Waals surface area contributed by atoms with Crippen molar-refractivity contribution in [3.63, 3.8) is 0 Å². The molecule has 2 aliphatic rings. The lowest BCUT2D eigenvalue weighted by molar-refractivity contribution is -0.135. The molecule has 1 saturated heterocycles. The summed E-state index contributed by atoms with van der Waals surface area (Å²) in [7, 11) is 0. The molecule has 0 aromatic rings. The maximum absolute atomic E-state index is 12.2. The maximum Gasteiger partial charge on any atom is 0.239 e. The van der Waals surface area contributed by atoms with Crippen LogP contribution in [-0.4, -0.2) is 54.0 Å². The SMILES string of the molecule is CCC[C@H](N)C(=O)N1CCN(C2CCCCC2)CC1. The molecule has 1 heterocycles. The first-order valence-electron chi connectivity index (χ1n) is 8.00. The second kappa shape index (κ2) is 7.25. The number of nitrogens with zero attached hydrogens (tertiary/aromatic N) is 2. The van der Waals surface area contributed by atoms with Gasteiger partial charge in [0.2, 0.25) is 5.91 Å². The van der Waals surface area contributed by atoms with Crippen LogP contribution < -0.4 is 5.73 Å². The number of piperazine rings is 1. The zero-order valence-corrected chi connectivity index (χ0v) is 12.3. The second-order valence-corrected chi connectivity index (χ2v) is 6.05. The van der Waals surface area contributed by atoms with Crippen LogP contribution in [0.4, 0.5) is 0 Å². The quantitative estimate of drug-likeness (QED) is 0.841. The number of amides is 1. The van der Waals surface area contributed by atoms with Crippen LogP contribution in [-0.2, 0) is 4.79 Å². The van der Waals surface area contributed by atoms with Crippen LogP contribution in [0.15, 0.2) is 0 Å². The molecule has 0 bridgehead atoms. The molecule has 4 heteroatoms. The van der Waals surface area contributed by atoms with Crippen molar-refractivity contribution >= 4 is 5.91 Å². The summed E-state index contributed by atoms with van der Waals surface area (Å²) < 4.78 is 0. The van der Waals surface area contributed by atoms with E-state index in [1.807, 2.05) is 4.90 Å². The van der Waals surface area contributed by atoms with Crippen LogP contribution in [0.1, 0.15) is 51.9 Å². The van der Waals surface area contributed by atoms with Gasteiger partial charge in [-0.2, -0.15) is 0 Å². The summed E-state index contributed by atoms with van der Waals surface area (Å²) in [6.45, 7) is 5.89. The Labute approximate surface area is 117 Å². The van der Waals surface area contributed by atoms with Gasteiger partial charge < -0.3 is 10.6 Å². The molecule has 0 aromatic carbocycles. The van der Waals surface area contributed by atoms with Crippen molar-refractivity contribution in [1.29, 1.82) is 0 Å². The van der Waals surface area contributed by atoms with Gasteiger partial charge >= 0.3 is 0 Å². The summed E-state index contributed by atoms with van der Waals surface area (Å²) in [4.78, 5) is 16.7. The van der Waals surface area contributed by atoms with Crippen LogP contribution in [0.3, 0.4) is 0 Å². The van der Waals surface area contributed by atoms with Gasteiger partial charge in [0.05, 0.1) is 6.04 Å². The number of carbonyl (C=O) groups is 1. The summed E-state index contributed by atoms with van der Waals surface area (Å²) >= 11 is 0. The van der Waals surface area contributed by atoms with Crippen LogP contribution >= 0.6 is 0 Å². The fourth-order valence-corrected chi connectivity index (χ4v) is 3.42. The summed E-state index contributed by atoms with van der Waals surface area (Å²) in [5, 5.41) is 0. The van der Waals surface area contributed by atoms with Crippen molar-refractivity contribution in [2.45, 2.75) is 64.0 Å². The Morgan fingerprint density at radius 1 is 1.16 bits per heavy atom. The lowest BCUT2D eigenvalue weighted by Crippen LogP contribution is -2.55. The van der Waals surface area contributed by atoms with Crippen molar-refractivity contribution in [2.24, 2.45) is 5.73 Å². The van der Waals surface area contributed by atoms with Gasteiger partial charge in [0, 0.05) is 32.2 Å². The van der Waals surface area contributed by atoms with E-state index in [-0.39, 0.29) is 11.9 Å². The molecule has 19 heavy (non-hydrogen) atoms. The highest BCUT2D eigenvalue weighted by molar-refractivity contribution is 5.81. The lowest BCUT2D eigenvalue weighted by Gasteiger charge is -2.41. The van der Waals surface area contributed by atoms with E-state index < -0.39 is 0 Å². The van der Waals surface area contributed by atoms with Gasteiger partial charge in [0.25, 0.3) is 0 Å². The number of rotatable bonds is 4. The molecule has 2 rings (SSSR count). The molecule has 0 aromatic heterocycles. The van der Waals surface area contributed by atoms with Crippen LogP contribution in [0.25, 0.3) is 0 Å². The third kappa shape index (κ3) is 3.93. The van der Waals surface area contributed by atoms with Gasteiger partial charge in [-0.25, -0.2) is 0 Å². The average molecular weight is 267 g/mol. The maximum atomic E-state index is 12.2. The molecule has 0 unspecified atom stereocenters. The number of carbonyl (C=O) groups excluding carboxylic acids is 1. The van der Waals surface area contributed by atoms with Crippen molar-refractivity contribution in [2.75, 3.05) is 26.2 Å². The average Bonchev–Trinajstić information content (AvgIpc) is 2.48. The lowest BCUT2D eigenvalue weighted by atomic mass is 9.94. The van der Waals surface area contributed by atoms with Crippen molar-refractivity contribution in [3.05, 3.63) is 0 Å². The zero-order chi connectivity index (χ0) is 13.7. The molecule has 1 saturated carbocycles. The summed E-state index contributed by atoms with van der Waals surface area (Å²) in [6, 6.07) is 0.488. The molecule has 1 aliphatic carbocycles. The van der Waals surface area contributed by atoms with Gasteiger partial charge in [-0.05, 0) is 19.3 Å². The fraction of sp³-hybridized carbons (Fsp3) is 0.933. The minimum absolute atomic E-state index is 0.158. The van der Waals surface area contributed by atoms with Gasteiger partial charge in [0.15, 0.2) is 0 Å². The molecule has 1 aliphatic heterocycles. The first-order chi connectivity index (χ1) is 9.22. The Balaban J connectivity index is 1.76. The molecule has 1 amide bonds. The van der Waals surface area contributed by atoms with E-state index in [1.54, 1.807) is 0 Å². The van der Waals surface area contributed by atoms with Crippen molar-refractivity contribution in [1.82, 2.24) is 9.80 Å². The minimum atomic E-state index is -0.286. The molecule has 1 atom stereocenters. The predicted molar refractivity (Wildman–Crippen MR) is 77.9 cm³/mol. The standard InChI is InChI=1S/C15H29N3O/c1-2-6-14(16)15(19)18-11-9-17(10-12-18)13-7-4-3-5-8-13/h13-14H,2-12,16H2,1H3/t14-/m0/s1. The molecule has 2 fully saturated rings. The predicted octanol–water partition coefficient (Wildman–Crippen LogP) is 1.59. The molecular formula is C15H29N3O. The van der Waals surface area contributed by atoms with E-state index in [1.165, 1.54) is 32.1 Å². The largest absolute Gasteiger partial charge is 0.339 e. The van der Waals surface area contributed by atoms with Gasteiger partial charge in [-0.1, -0.05) is 32.6 Å². The molecule has 4 nitrogen and oxygen atoms in total. The van der Waals surface area contributed by atoms with Crippen LogP contribution in [0, 0.1) is 0 Å². The third-order valence-corrected chi connectivity index (χ3v) is 4.63. The van der Waals surface area contributed by atoms with E-state index in [4.69, 9.17) is 5.73 Å². The molecule has 0 spiro atoms. The summed E-state index contributed by atoms with van der Waals surface area (Å²) in [6.07, 6.45) is 8.65. The molecule has 2 N–H and O–H groups in total. The Morgan fingerprint density at radius 3 is 2.37 bits per heavy atom. The number of hydrogen-bond donors (Lipinski definition) is 1. The Morgan fingerprint density at radius 2 is 1.79 bits per heavy atom. The van der Waals surface area contributed by atoms with Crippen molar-refractivity contribution < 1.29 is 4.79 Å². The Bertz CT molecular complexity index is 281. The first-order valence-corrected chi connectivity index (χ1v) is 8.00. The first kappa shape index (κ1) is 14.8. The van der Waals surface area contributed by atoms with E-state index in [0.717, 1.165) is 45.1 Å². The minimum Gasteiger partial charge on any atom is -0.339 e. The molecular weight excluding hydrogens is 238 g/mol. The fourth-order valence-electron chi connectivity index (χ4n) is 3.42. The highest BCUT2D eigenvalue weighted by atomic mass is 16.2. The van der Waals surface area contributed by atoms with E-state index in [0.29, 0.717) is 0 Å².